The third-order valence-electron chi connectivity index (χ3n) is 3.64. The van der Waals surface area contributed by atoms with Crippen molar-refractivity contribution in [2.45, 2.75) is 43.9 Å². The zero-order valence-corrected chi connectivity index (χ0v) is 10.8. The molecule has 1 unspecified atom stereocenters. The van der Waals surface area contributed by atoms with Crippen molar-refractivity contribution in [3.8, 4) is 0 Å². The number of nitrogen functional groups attached to an aromatic ring is 1. The molecule has 1 heterocycles. The van der Waals surface area contributed by atoms with Gasteiger partial charge in [0.25, 0.3) is 0 Å². The van der Waals surface area contributed by atoms with Gasteiger partial charge in [-0.05, 0) is 24.0 Å². The van der Waals surface area contributed by atoms with Gasteiger partial charge in [0, 0.05) is 13.8 Å². The maximum absolute atomic E-state index is 6.06. The quantitative estimate of drug-likeness (QED) is 0.563. The van der Waals surface area contributed by atoms with Crippen molar-refractivity contribution in [2.24, 2.45) is 0 Å². The molecule has 1 atom stereocenters. The molecule has 0 aliphatic carbocycles. The van der Waals surface area contributed by atoms with Gasteiger partial charge in [-0.15, -0.1) is 0 Å². The highest BCUT2D eigenvalue weighted by molar-refractivity contribution is 6.77. The fourth-order valence-corrected chi connectivity index (χ4v) is 5.97. The lowest BCUT2D eigenvalue weighted by Crippen LogP contribution is -2.31. The first-order chi connectivity index (χ1) is 7.08. The predicted molar refractivity (Wildman–Crippen MR) is 69.9 cm³/mol. The van der Waals surface area contributed by atoms with Crippen LogP contribution in [0.2, 0.25) is 25.2 Å². The van der Waals surface area contributed by atoms with Crippen LogP contribution in [0.1, 0.15) is 24.3 Å². The monoisotopic (exact) mass is 219 g/mol. The summed E-state index contributed by atoms with van der Waals surface area (Å²) in [6.45, 7) is 5.02. The first-order valence-electron chi connectivity index (χ1n) is 5.93. The number of anilines is 1. The molecule has 0 radical (unpaired) electrons. The molecule has 0 saturated carbocycles. The molecule has 0 amide bonds. The molecule has 0 aromatic heterocycles. The first kappa shape index (κ1) is 10.7. The second-order valence-corrected chi connectivity index (χ2v) is 10.8. The Morgan fingerprint density at radius 2 is 2.00 bits per heavy atom. The minimum Gasteiger partial charge on any atom is -0.398 e. The highest BCUT2D eigenvalue weighted by atomic mass is 28.3. The van der Waals surface area contributed by atoms with E-state index in [0.29, 0.717) is 0 Å². The third kappa shape index (κ3) is 2.43. The predicted octanol–water partition coefficient (Wildman–Crippen LogP) is 3.85. The number of para-hydroxylation sites is 1. The summed E-state index contributed by atoms with van der Waals surface area (Å²) < 4.78 is 0. The van der Waals surface area contributed by atoms with Crippen LogP contribution in [0.15, 0.2) is 24.3 Å². The Kier molecular flexibility index (Phi) is 2.87. The first-order valence-corrected chi connectivity index (χ1v) is 9.34. The largest absolute Gasteiger partial charge is 0.398 e. The number of hydrogen-bond donors (Lipinski definition) is 1. The van der Waals surface area contributed by atoms with Gasteiger partial charge in [0.05, 0.1) is 0 Å². The highest BCUT2D eigenvalue weighted by Crippen LogP contribution is 2.40. The summed E-state index contributed by atoms with van der Waals surface area (Å²) in [5.41, 5.74) is 8.45. The van der Waals surface area contributed by atoms with E-state index in [9.17, 15) is 0 Å². The van der Waals surface area contributed by atoms with Crippen LogP contribution in [-0.4, -0.2) is 8.07 Å². The van der Waals surface area contributed by atoms with E-state index in [2.05, 4.69) is 25.2 Å². The Balaban J connectivity index is 2.21. The summed E-state index contributed by atoms with van der Waals surface area (Å²) in [4.78, 5) is 0. The Bertz CT molecular complexity index is 346. The van der Waals surface area contributed by atoms with Crippen molar-refractivity contribution in [2.75, 3.05) is 5.73 Å². The molecule has 2 N–H and O–H groups in total. The van der Waals surface area contributed by atoms with Crippen LogP contribution in [0.5, 0.6) is 0 Å². The molecule has 2 rings (SSSR count). The Morgan fingerprint density at radius 3 is 2.67 bits per heavy atom. The Labute approximate surface area is 93.7 Å². The van der Waals surface area contributed by atoms with Crippen LogP contribution in [0.3, 0.4) is 0 Å². The van der Waals surface area contributed by atoms with Crippen molar-refractivity contribution < 1.29 is 0 Å². The molecule has 1 fully saturated rings. The fourth-order valence-electron chi connectivity index (χ4n) is 2.85. The maximum atomic E-state index is 6.06. The van der Waals surface area contributed by atoms with Gasteiger partial charge in [-0.1, -0.05) is 49.8 Å². The molecular weight excluding hydrogens is 198 g/mol. The average molecular weight is 219 g/mol. The zero-order valence-electron chi connectivity index (χ0n) is 9.79. The lowest BCUT2D eigenvalue weighted by Gasteiger charge is -2.34. The van der Waals surface area contributed by atoms with Gasteiger partial charge in [-0.25, -0.2) is 0 Å². The molecule has 1 aromatic rings. The summed E-state index contributed by atoms with van der Waals surface area (Å²) in [6, 6.07) is 11.3. The second-order valence-electron chi connectivity index (χ2n) is 5.59. The van der Waals surface area contributed by atoms with E-state index in [-0.39, 0.29) is 0 Å². The Morgan fingerprint density at radius 1 is 1.27 bits per heavy atom. The van der Waals surface area contributed by atoms with Gasteiger partial charge in [0.15, 0.2) is 0 Å². The highest BCUT2D eigenvalue weighted by Gasteiger charge is 2.30. The van der Waals surface area contributed by atoms with Gasteiger partial charge in [0.1, 0.15) is 0 Å². The topological polar surface area (TPSA) is 26.0 Å². The van der Waals surface area contributed by atoms with Crippen molar-refractivity contribution >= 4 is 13.8 Å². The SMILES string of the molecule is C[Si]1(C)CCCC(c2ccccc2N)C1. The lowest BCUT2D eigenvalue weighted by atomic mass is 9.94. The summed E-state index contributed by atoms with van der Waals surface area (Å²) in [7, 11) is -0.915. The number of nitrogens with two attached hydrogens (primary N) is 1. The number of benzene rings is 1. The van der Waals surface area contributed by atoms with Crippen molar-refractivity contribution in [1.29, 1.82) is 0 Å². The Hall–Kier alpha value is -0.763. The minimum absolute atomic E-state index is 0.738. The van der Waals surface area contributed by atoms with Crippen LogP contribution >= 0.6 is 0 Å². The minimum atomic E-state index is -0.915. The summed E-state index contributed by atoms with van der Waals surface area (Å²) in [5.74, 6) is 0.738. The smallest absolute Gasteiger partial charge is 0.0479 e. The molecular formula is C13H21NSi. The van der Waals surface area contributed by atoms with Crippen LogP contribution in [0, 0.1) is 0 Å². The molecule has 1 nitrogen and oxygen atoms in total. The molecule has 1 saturated heterocycles. The molecule has 1 aliphatic heterocycles. The van der Waals surface area contributed by atoms with Gasteiger partial charge < -0.3 is 5.73 Å². The van der Waals surface area contributed by atoms with Gasteiger partial charge in [-0.3, -0.25) is 0 Å². The van der Waals surface area contributed by atoms with Crippen LogP contribution in [0.25, 0.3) is 0 Å². The van der Waals surface area contributed by atoms with Gasteiger partial charge >= 0.3 is 0 Å². The van der Waals surface area contributed by atoms with E-state index in [4.69, 9.17) is 5.73 Å². The second kappa shape index (κ2) is 4.01. The molecule has 1 aliphatic rings. The van der Waals surface area contributed by atoms with E-state index in [0.717, 1.165) is 11.6 Å². The van der Waals surface area contributed by atoms with E-state index < -0.39 is 8.07 Å². The van der Waals surface area contributed by atoms with Crippen LogP contribution < -0.4 is 5.73 Å². The van der Waals surface area contributed by atoms with E-state index in [1.54, 1.807) is 0 Å². The van der Waals surface area contributed by atoms with Crippen molar-refractivity contribution in [3.63, 3.8) is 0 Å². The molecule has 1 aromatic carbocycles. The summed E-state index contributed by atoms with van der Waals surface area (Å²) in [6.07, 6.45) is 2.74. The maximum Gasteiger partial charge on any atom is 0.0479 e. The van der Waals surface area contributed by atoms with Crippen LogP contribution in [-0.2, 0) is 0 Å². The van der Waals surface area contributed by atoms with Gasteiger partial charge in [0.2, 0.25) is 0 Å². The summed E-state index contributed by atoms with van der Waals surface area (Å²) in [5, 5.41) is 0. The van der Waals surface area contributed by atoms with E-state index in [1.165, 1.54) is 30.5 Å². The number of rotatable bonds is 1. The number of hydrogen-bond acceptors (Lipinski definition) is 1. The van der Waals surface area contributed by atoms with E-state index >= 15 is 0 Å². The lowest BCUT2D eigenvalue weighted by molar-refractivity contribution is 0.620. The standard InChI is InChI=1S/C13H21NSi/c1-15(2)9-5-6-11(10-15)12-7-3-4-8-13(12)14/h3-4,7-8,11H,5-6,9-10,14H2,1-2H3. The van der Waals surface area contributed by atoms with Crippen molar-refractivity contribution in [1.82, 2.24) is 0 Å². The molecule has 15 heavy (non-hydrogen) atoms. The van der Waals surface area contributed by atoms with Crippen molar-refractivity contribution in [3.05, 3.63) is 29.8 Å². The molecule has 2 heteroatoms. The third-order valence-corrected chi connectivity index (χ3v) is 6.95. The van der Waals surface area contributed by atoms with Gasteiger partial charge in [-0.2, -0.15) is 0 Å². The van der Waals surface area contributed by atoms with Crippen LogP contribution in [0.4, 0.5) is 5.69 Å². The average Bonchev–Trinajstić information content (AvgIpc) is 2.17. The fraction of sp³-hybridized carbons (Fsp3) is 0.538. The normalized spacial score (nSPS) is 25.1. The zero-order chi connectivity index (χ0) is 10.9. The molecule has 0 spiro atoms. The molecule has 0 bridgehead atoms. The van der Waals surface area contributed by atoms with E-state index in [1.807, 2.05) is 12.1 Å². The summed E-state index contributed by atoms with van der Waals surface area (Å²) >= 11 is 0. The molecule has 82 valence electrons.